The molecule has 2 N–H and O–H groups in total. The third-order valence-electron chi connectivity index (χ3n) is 6.40. The Kier molecular flexibility index (Phi) is 5.65. The molecular weight excluding hydrogens is 384 g/mol. The molecule has 0 bridgehead atoms. The summed E-state index contributed by atoms with van der Waals surface area (Å²) in [5.74, 6) is 0.0462. The first kappa shape index (κ1) is 21.2. The van der Waals surface area contributed by atoms with Gasteiger partial charge in [-0.05, 0) is 40.8 Å². The van der Waals surface area contributed by atoms with Crippen LogP contribution in [0.15, 0.2) is 48.5 Å². The molecule has 1 fully saturated rings. The Labute approximate surface area is 183 Å². The smallest absolute Gasteiger partial charge is 0.267 e. The lowest BCUT2D eigenvalue weighted by molar-refractivity contribution is 0.0993. The van der Waals surface area contributed by atoms with Gasteiger partial charge in [0, 0.05) is 22.2 Å². The molecule has 1 aliphatic carbocycles. The van der Waals surface area contributed by atoms with Crippen molar-refractivity contribution >= 4 is 22.5 Å². The minimum absolute atomic E-state index is 0.00634. The highest BCUT2D eigenvalue weighted by Gasteiger charge is 2.20. The van der Waals surface area contributed by atoms with Gasteiger partial charge in [0.25, 0.3) is 5.91 Å². The van der Waals surface area contributed by atoms with Crippen LogP contribution in [0.2, 0.25) is 0 Å². The predicted octanol–water partition coefficient (Wildman–Crippen LogP) is 5.59. The number of pyridine rings is 1. The van der Waals surface area contributed by atoms with Gasteiger partial charge in [0.1, 0.15) is 5.69 Å². The topological polar surface area (TPSA) is 73.1 Å². The van der Waals surface area contributed by atoms with Gasteiger partial charge < -0.3 is 5.73 Å². The molecule has 1 aliphatic rings. The second kappa shape index (κ2) is 8.26. The summed E-state index contributed by atoms with van der Waals surface area (Å²) in [5, 5.41) is 1.84. The van der Waals surface area contributed by atoms with Gasteiger partial charge in [-0.2, -0.15) is 0 Å². The van der Waals surface area contributed by atoms with Gasteiger partial charge in [-0.15, -0.1) is 0 Å². The van der Waals surface area contributed by atoms with E-state index in [9.17, 15) is 9.59 Å². The zero-order valence-corrected chi connectivity index (χ0v) is 18.6. The monoisotopic (exact) mass is 414 g/mol. The van der Waals surface area contributed by atoms with Crippen molar-refractivity contribution in [1.29, 1.82) is 0 Å². The molecule has 4 heteroatoms. The first-order valence-corrected chi connectivity index (χ1v) is 11.1. The summed E-state index contributed by atoms with van der Waals surface area (Å²) in [5.41, 5.74) is 9.24. The van der Waals surface area contributed by atoms with E-state index in [1.54, 1.807) is 6.07 Å². The van der Waals surface area contributed by atoms with Crippen molar-refractivity contribution < 1.29 is 9.59 Å². The highest BCUT2D eigenvalue weighted by atomic mass is 16.1. The average molecular weight is 415 g/mol. The zero-order valence-electron chi connectivity index (χ0n) is 18.6. The number of nitrogens with zero attached hydrogens (tertiary/aromatic N) is 1. The van der Waals surface area contributed by atoms with Gasteiger partial charge in [0.15, 0.2) is 5.78 Å². The van der Waals surface area contributed by atoms with Crippen LogP contribution in [0.3, 0.4) is 0 Å². The molecule has 0 unspecified atom stereocenters. The lowest BCUT2D eigenvalue weighted by Gasteiger charge is -2.19. The number of hydrogen-bond donors (Lipinski definition) is 1. The van der Waals surface area contributed by atoms with Crippen LogP contribution in [-0.4, -0.2) is 16.7 Å². The average Bonchev–Trinajstić information content (AvgIpc) is 3.25. The van der Waals surface area contributed by atoms with Crippen molar-refractivity contribution in [1.82, 2.24) is 4.98 Å². The number of benzene rings is 2. The second-order valence-electron chi connectivity index (χ2n) is 9.77. The van der Waals surface area contributed by atoms with E-state index in [-0.39, 0.29) is 16.9 Å². The van der Waals surface area contributed by atoms with Crippen LogP contribution in [-0.2, 0) is 11.8 Å². The van der Waals surface area contributed by atoms with Gasteiger partial charge in [-0.25, -0.2) is 4.98 Å². The van der Waals surface area contributed by atoms with Crippen LogP contribution in [0.4, 0.5) is 0 Å². The minimum Gasteiger partial charge on any atom is -0.364 e. The lowest BCUT2D eigenvalue weighted by Crippen LogP contribution is -2.15. The maximum atomic E-state index is 13.2. The minimum atomic E-state index is -0.520. The van der Waals surface area contributed by atoms with Gasteiger partial charge in [-0.3, -0.25) is 9.59 Å². The molecule has 0 saturated heterocycles. The van der Waals surface area contributed by atoms with Gasteiger partial charge in [0.2, 0.25) is 0 Å². The second-order valence-corrected chi connectivity index (χ2v) is 9.77. The molecule has 0 atom stereocenters. The summed E-state index contributed by atoms with van der Waals surface area (Å²) >= 11 is 0. The van der Waals surface area contributed by atoms with Crippen LogP contribution in [0.5, 0.6) is 0 Å². The van der Waals surface area contributed by atoms with Crippen molar-refractivity contribution in [3.05, 3.63) is 76.6 Å². The Hall–Kier alpha value is -3.01. The number of nitrogens with two attached hydrogens (primary N) is 1. The van der Waals surface area contributed by atoms with E-state index >= 15 is 0 Å². The maximum Gasteiger partial charge on any atom is 0.267 e. The Morgan fingerprint density at radius 1 is 0.968 bits per heavy atom. The Balaban J connectivity index is 1.72. The van der Waals surface area contributed by atoms with E-state index in [0.717, 1.165) is 22.9 Å². The summed E-state index contributed by atoms with van der Waals surface area (Å²) in [6, 6.07) is 15.2. The fourth-order valence-corrected chi connectivity index (χ4v) is 4.52. The molecule has 4 nitrogen and oxygen atoms in total. The quantitative estimate of drug-likeness (QED) is 0.553. The van der Waals surface area contributed by atoms with E-state index < -0.39 is 5.91 Å². The molecule has 1 saturated carbocycles. The molecule has 0 spiro atoms. The first-order valence-electron chi connectivity index (χ1n) is 11.1. The Bertz CT molecular complexity index is 1130. The molecule has 0 aliphatic heterocycles. The van der Waals surface area contributed by atoms with E-state index in [4.69, 9.17) is 5.73 Å². The summed E-state index contributed by atoms with van der Waals surface area (Å²) in [6.45, 7) is 6.48. The number of aromatic nitrogens is 1. The third kappa shape index (κ3) is 4.53. The van der Waals surface area contributed by atoms with E-state index in [2.05, 4.69) is 25.8 Å². The molecule has 0 radical (unpaired) electrons. The van der Waals surface area contributed by atoms with Crippen molar-refractivity contribution in [3.63, 3.8) is 0 Å². The van der Waals surface area contributed by atoms with Gasteiger partial charge >= 0.3 is 0 Å². The largest absolute Gasteiger partial charge is 0.364 e. The van der Waals surface area contributed by atoms with Crippen molar-refractivity contribution in [2.45, 2.75) is 58.3 Å². The number of fused-ring (bicyclic) bond motifs is 1. The summed E-state index contributed by atoms with van der Waals surface area (Å²) in [6.07, 6.45) is 5.67. The van der Waals surface area contributed by atoms with E-state index in [1.807, 2.05) is 42.5 Å². The standard InChI is InChI=1S/C27H30N2O2/c1-27(2,3)21-12-10-18(11-13-21)25(30)20-9-8-19-16-24(26(28)31)29-23(22(19)15-20)14-17-6-4-5-7-17/h8-13,15-17H,4-7,14H2,1-3H3,(H2,28,31). The normalized spacial score (nSPS) is 14.8. The number of hydrogen-bond acceptors (Lipinski definition) is 3. The molecule has 4 rings (SSSR count). The fourth-order valence-electron chi connectivity index (χ4n) is 4.52. The SMILES string of the molecule is CC(C)(C)c1ccc(C(=O)c2ccc3cc(C(N)=O)nc(CC4CCCC4)c3c2)cc1. The van der Waals surface area contributed by atoms with Crippen LogP contribution in [0.25, 0.3) is 10.8 Å². The molecule has 3 aromatic rings. The number of amides is 1. The highest BCUT2D eigenvalue weighted by molar-refractivity contribution is 6.11. The number of carbonyl (C=O) groups is 2. The molecule has 2 aromatic carbocycles. The predicted molar refractivity (Wildman–Crippen MR) is 124 cm³/mol. The summed E-state index contributed by atoms with van der Waals surface area (Å²) in [7, 11) is 0. The fraction of sp³-hybridized carbons (Fsp3) is 0.370. The number of ketones is 1. The lowest BCUT2D eigenvalue weighted by atomic mass is 9.86. The maximum absolute atomic E-state index is 13.2. The van der Waals surface area contributed by atoms with Gasteiger partial charge in [-0.1, -0.05) is 82.9 Å². The summed E-state index contributed by atoms with van der Waals surface area (Å²) < 4.78 is 0. The Morgan fingerprint density at radius 2 is 1.61 bits per heavy atom. The molecule has 1 amide bonds. The number of carbonyl (C=O) groups excluding carboxylic acids is 2. The summed E-state index contributed by atoms with van der Waals surface area (Å²) in [4.78, 5) is 29.6. The van der Waals surface area contributed by atoms with Crippen molar-refractivity contribution in [2.75, 3.05) is 0 Å². The number of primary amides is 1. The third-order valence-corrected chi connectivity index (χ3v) is 6.40. The Morgan fingerprint density at radius 3 is 2.23 bits per heavy atom. The first-order chi connectivity index (χ1) is 14.7. The van der Waals surface area contributed by atoms with E-state index in [1.165, 1.54) is 31.2 Å². The highest BCUT2D eigenvalue weighted by Crippen LogP contribution is 2.31. The van der Waals surface area contributed by atoms with Crippen LogP contribution in [0, 0.1) is 5.92 Å². The molecule has 31 heavy (non-hydrogen) atoms. The van der Waals surface area contributed by atoms with Crippen LogP contribution >= 0.6 is 0 Å². The molecule has 1 heterocycles. The zero-order chi connectivity index (χ0) is 22.2. The van der Waals surface area contributed by atoms with Crippen molar-refractivity contribution in [2.24, 2.45) is 11.7 Å². The molecule has 1 aromatic heterocycles. The number of rotatable bonds is 5. The van der Waals surface area contributed by atoms with Crippen LogP contribution < -0.4 is 5.73 Å². The van der Waals surface area contributed by atoms with Crippen molar-refractivity contribution in [3.8, 4) is 0 Å². The molecule has 160 valence electrons. The van der Waals surface area contributed by atoms with Crippen LogP contribution in [0.1, 0.15) is 84.1 Å². The van der Waals surface area contributed by atoms with E-state index in [0.29, 0.717) is 17.0 Å². The molecular formula is C27H30N2O2. The van der Waals surface area contributed by atoms with Gasteiger partial charge in [0.05, 0.1) is 0 Å².